The summed E-state index contributed by atoms with van der Waals surface area (Å²) in [6, 6.07) is 20.1. The molecule has 2 aromatic carbocycles. The molecule has 0 heterocycles. The van der Waals surface area contributed by atoms with Crippen LogP contribution >= 0.6 is 0 Å². The van der Waals surface area contributed by atoms with Crippen LogP contribution in [0.25, 0.3) is 5.57 Å². The summed E-state index contributed by atoms with van der Waals surface area (Å²) in [5.74, 6) is 0.173. The fraction of sp³-hybridized carbons (Fsp3) is 0.444. The summed E-state index contributed by atoms with van der Waals surface area (Å²) in [7, 11) is 0. The Labute approximate surface area is 180 Å². The van der Waals surface area contributed by atoms with Gasteiger partial charge in [-0.15, -0.1) is 0 Å². The first-order valence-electron chi connectivity index (χ1n) is 11.0. The minimum atomic E-state index is -1.20. The third kappa shape index (κ3) is 5.20. The van der Waals surface area contributed by atoms with Crippen LogP contribution in [0.4, 0.5) is 0 Å². The lowest BCUT2D eigenvalue weighted by Crippen LogP contribution is -2.44. The fourth-order valence-corrected chi connectivity index (χ4v) is 4.70. The smallest absolute Gasteiger partial charge is 0.335 e. The molecule has 0 amide bonds. The Morgan fingerprint density at radius 3 is 2.33 bits per heavy atom. The van der Waals surface area contributed by atoms with Crippen molar-refractivity contribution >= 4 is 11.5 Å². The highest BCUT2D eigenvalue weighted by Crippen LogP contribution is 2.43. The van der Waals surface area contributed by atoms with Crippen LogP contribution in [-0.4, -0.2) is 23.3 Å². The van der Waals surface area contributed by atoms with Crippen LogP contribution < -0.4 is 0 Å². The molecule has 0 aliphatic heterocycles. The van der Waals surface area contributed by atoms with Crippen LogP contribution in [0, 0.1) is 11.8 Å². The maximum Gasteiger partial charge on any atom is 0.335 e. The van der Waals surface area contributed by atoms with Gasteiger partial charge in [-0.25, -0.2) is 4.79 Å². The first kappa shape index (κ1) is 22.3. The average Bonchev–Trinajstić information content (AvgIpc) is 2.74. The molecule has 0 bridgehead atoms. The van der Waals surface area contributed by atoms with Crippen LogP contribution in [0.1, 0.15) is 57.6 Å². The van der Waals surface area contributed by atoms with Crippen LogP contribution in [-0.2, 0) is 14.9 Å². The van der Waals surface area contributed by atoms with Crippen molar-refractivity contribution in [1.29, 1.82) is 0 Å². The highest BCUT2D eigenvalue weighted by Gasteiger charge is 2.42. The third-order valence-corrected chi connectivity index (χ3v) is 6.66. The van der Waals surface area contributed by atoms with Crippen molar-refractivity contribution in [2.75, 3.05) is 0 Å². The largest absolute Gasteiger partial charge is 0.460 e. The summed E-state index contributed by atoms with van der Waals surface area (Å²) in [5, 5.41) is 10.5. The molecular weight excluding hydrogens is 372 g/mol. The van der Waals surface area contributed by atoms with Gasteiger partial charge in [-0.1, -0.05) is 94.4 Å². The highest BCUT2D eigenvalue weighted by molar-refractivity contribution is 5.78. The van der Waals surface area contributed by atoms with Crippen LogP contribution in [0.2, 0.25) is 0 Å². The molecule has 160 valence electrons. The molecule has 4 atom stereocenters. The second kappa shape index (κ2) is 9.61. The van der Waals surface area contributed by atoms with Gasteiger partial charge in [-0.05, 0) is 40.9 Å². The van der Waals surface area contributed by atoms with Gasteiger partial charge in [0.2, 0.25) is 0 Å². The summed E-state index contributed by atoms with van der Waals surface area (Å²) in [5.41, 5.74) is 2.80. The molecule has 0 aromatic heterocycles. The summed E-state index contributed by atoms with van der Waals surface area (Å²) in [4.78, 5) is 12.8. The van der Waals surface area contributed by atoms with E-state index in [4.69, 9.17) is 4.74 Å². The minimum Gasteiger partial charge on any atom is -0.460 e. The van der Waals surface area contributed by atoms with E-state index >= 15 is 0 Å². The Hall–Kier alpha value is -2.39. The molecule has 3 nitrogen and oxygen atoms in total. The van der Waals surface area contributed by atoms with E-state index in [2.05, 4.69) is 51.6 Å². The van der Waals surface area contributed by atoms with Gasteiger partial charge in [0, 0.05) is 12.3 Å². The Bertz CT molecular complexity index is 841. The van der Waals surface area contributed by atoms with E-state index in [1.807, 2.05) is 36.4 Å². The Morgan fingerprint density at radius 2 is 1.70 bits per heavy atom. The van der Waals surface area contributed by atoms with Crippen molar-refractivity contribution < 1.29 is 14.6 Å². The Kier molecular flexibility index (Phi) is 7.14. The molecule has 1 aliphatic carbocycles. The fourth-order valence-electron chi connectivity index (χ4n) is 4.70. The summed E-state index contributed by atoms with van der Waals surface area (Å²) in [6.07, 6.45) is 1.75. The highest BCUT2D eigenvalue weighted by atomic mass is 16.6. The maximum absolute atomic E-state index is 12.8. The SMILES string of the molecule is C=C(C[C@H](O)C(=O)O[C@@H]1C[C@H](C)CC[C@H]1C(C)(C)c1ccccc1)c1ccccc1. The van der Waals surface area contributed by atoms with Crippen molar-refractivity contribution in [2.45, 2.75) is 64.1 Å². The molecule has 0 saturated heterocycles. The molecule has 1 saturated carbocycles. The van der Waals surface area contributed by atoms with Gasteiger partial charge < -0.3 is 9.84 Å². The first-order valence-corrected chi connectivity index (χ1v) is 11.0. The van der Waals surface area contributed by atoms with Crippen LogP contribution in [0.3, 0.4) is 0 Å². The topological polar surface area (TPSA) is 46.5 Å². The van der Waals surface area contributed by atoms with Crippen LogP contribution in [0.15, 0.2) is 67.2 Å². The monoisotopic (exact) mass is 406 g/mol. The third-order valence-electron chi connectivity index (χ3n) is 6.66. The van der Waals surface area contributed by atoms with E-state index < -0.39 is 12.1 Å². The second-order valence-electron chi connectivity index (χ2n) is 9.28. The molecule has 2 aromatic rings. The van der Waals surface area contributed by atoms with E-state index in [1.54, 1.807) is 0 Å². The molecule has 0 radical (unpaired) electrons. The van der Waals surface area contributed by atoms with E-state index in [0.717, 1.165) is 30.4 Å². The van der Waals surface area contributed by atoms with Gasteiger partial charge in [0.1, 0.15) is 6.10 Å². The summed E-state index contributed by atoms with van der Waals surface area (Å²) < 4.78 is 5.95. The Balaban J connectivity index is 1.70. The number of benzene rings is 2. The van der Waals surface area contributed by atoms with Gasteiger partial charge in [0.25, 0.3) is 0 Å². The number of hydrogen-bond donors (Lipinski definition) is 1. The standard InChI is InChI=1S/C27H34O3/c1-19-15-16-23(27(3,4)22-13-9-6-10-14-22)25(17-19)30-26(29)24(28)18-20(2)21-11-7-5-8-12-21/h5-14,19,23-25,28H,2,15-18H2,1,3-4H3/t19-,23-,24+,25-/m1/s1. The number of carbonyl (C=O) groups is 1. The van der Waals surface area contributed by atoms with Gasteiger partial charge in [0.05, 0.1) is 0 Å². The molecule has 3 heteroatoms. The number of aliphatic hydroxyl groups is 1. The lowest BCUT2D eigenvalue weighted by molar-refractivity contribution is -0.166. The number of esters is 1. The average molecular weight is 407 g/mol. The number of ether oxygens (including phenoxy) is 1. The summed E-state index contributed by atoms with van der Waals surface area (Å²) >= 11 is 0. The molecule has 30 heavy (non-hydrogen) atoms. The lowest BCUT2D eigenvalue weighted by atomic mass is 9.64. The number of rotatable bonds is 7. The molecule has 3 rings (SSSR count). The van der Waals surface area contributed by atoms with Gasteiger partial charge >= 0.3 is 5.97 Å². The predicted octanol–water partition coefficient (Wildman–Crippen LogP) is 5.78. The van der Waals surface area contributed by atoms with Gasteiger partial charge in [-0.2, -0.15) is 0 Å². The second-order valence-corrected chi connectivity index (χ2v) is 9.28. The first-order chi connectivity index (χ1) is 14.3. The molecular formula is C27H34O3. The number of aliphatic hydroxyl groups excluding tert-OH is 1. The van der Waals surface area contributed by atoms with E-state index in [0.29, 0.717) is 5.92 Å². The molecule has 1 fully saturated rings. The number of hydrogen-bond acceptors (Lipinski definition) is 3. The van der Waals surface area contributed by atoms with E-state index in [9.17, 15) is 9.90 Å². The zero-order chi connectivity index (χ0) is 21.7. The van der Waals surface area contributed by atoms with Crippen molar-refractivity contribution in [2.24, 2.45) is 11.8 Å². The molecule has 0 unspecified atom stereocenters. The maximum atomic E-state index is 12.8. The normalized spacial score (nSPS) is 22.9. The van der Waals surface area contributed by atoms with Gasteiger partial charge in [0.15, 0.2) is 6.10 Å². The van der Waals surface area contributed by atoms with Gasteiger partial charge in [-0.3, -0.25) is 0 Å². The van der Waals surface area contributed by atoms with Crippen molar-refractivity contribution in [3.63, 3.8) is 0 Å². The molecule has 1 aliphatic rings. The van der Waals surface area contributed by atoms with Crippen molar-refractivity contribution in [3.8, 4) is 0 Å². The number of carbonyl (C=O) groups excluding carboxylic acids is 1. The minimum absolute atomic E-state index is 0.120. The molecule has 0 spiro atoms. The van der Waals surface area contributed by atoms with E-state index in [-0.39, 0.29) is 23.9 Å². The zero-order valence-corrected chi connectivity index (χ0v) is 18.4. The predicted molar refractivity (Wildman–Crippen MR) is 122 cm³/mol. The zero-order valence-electron chi connectivity index (χ0n) is 18.4. The van der Waals surface area contributed by atoms with Crippen molar-refractivity contribution in [1.82, 2.24) is 0 Å². The molecule has 1 N–H and O–H groups in total. The lowest BCUT2D eigenvalue weighted by Gasteiger charge is -2.44. The summed E-state index contributed by atoms with van der Waals surface area (Å²) in [6.45, 7) is 10.7. The van der Waals surface area contributed by atoms with Crippen LogP contribution in [0.5, 0.6) is 0 Å². The quantitative estimate of drug-likeness (QED) is 0.593. The van der Waals surface area contributed by atoms with Crippen molar-refractivity contribution in [3.05, 3.63) is 78.4 Å². The Morgan fingerprint density at radius 1 is 1.10 bits per heavy atom. The van der Waals surface area contributed by atoms with E-state index in [1.165, 1.54) is 5.56 Å².